The smallest absolute Gasteiger partial charge is 0.270 e. The van der Waals surface area contributed by atoms with E-state index in [1.54, 1.807) is 5.38 Å². The summed E-state index contributed by atoms with van der Waals surface area (Å²) >= 11 is 1.43. The van der Waals surface area contributed by atoms with Gasteiger partial charge < -0.3 is 16.0 Å². The lowest BCUT2D eigenvalue weighted by atomic mass is 9.93. The molecule has 2 unspecified atom stereocenters. The molecule has 120 valence electrons. The molecular formula is C15H28N4OS. The van der Waals surface area contributed by atoms with Gasteiger partial charge in [0, 0.05) is 18.0 Å². The maximum absolute atomic E-state index is 12.2. The van der Waals surface area contributed by atoms with Crippen molar-refractivity contribution in [2.75, 3.05) is 20.6 Å². The number of amides is 1. The molecule has 0 aliphatic carbocycles. The first-order chi connectivity index (χ1) is 9.90. The van der Waals surface area contributed by atoms with Gasteiger partial charge in [0.25, 0.3) is 5.91 Å². The summed E-state index contributed by atoms with van der Waals surface area (Å²) in [6, 6.07) is 0.214. The maximum atomic E-state index is 12.2. The van der Waals surface area contributed by atoms with E-state index in [0.29, 0.717) is 24.2 Å². The zero-order valence-electron chi connectivity index (χ0n) is 13.7. The first-order valence-corrected chi connectivity index (χ1v) is 8.44. The van der Waals surface area contributed by atoms with Crippen LogP contribution < -0.4 is 11.1 Å². The highest BCUT2D eigenvalue weighted by Crippen LogP contribution is 2.18. The molecular weight excluding hydrogens is 284 g/mol. The summed E-state index contributed by atoms with van der Waals surface area (Å²) in [4.78, 5) is 18.7. The minimum atomic E-state index is -0.129. The fraction of sp³-hybridized carbons (Fsp3) is 0.733. The van der Waals surface area contributed by atoms with Gasteiger partial charge in [-0.2, -0.15) is 0 Å². The van der Waals surface area contributed by atoms with Gasteiger partial charge in [-0.05, 0) is 26.9 Å². The summed E-state index contributed by atoms with van der Waals surface area (Å²) < 4.78 is 0. The van der Waals surface area contributed by atoms with Gasteiger partial charge in [-0.15, -0.1) is 11.3 Å². The predicted octanol–water partition coefficient (Wildman–Crippen LogP) is 2.26. The van der Waals surface area contributed by atoms with Crippen LogP contribution >= 0.6 is 11.3 Å². The largest absolute Gasteiger partial charge is 0.349 e. The van der Waals surface area contributed by atoms with Crippen LogP contribution in [0.1, 0.15) is 55.2 Å². The standard InChI is InChI=1S/C15H28N4OS/c1-6-11(7-2)13(19(4)5)8-17-14(20)12-9-21-15(18-12)10(3)16/h9-11,13H,6-8,16H2,1-5H3,(H,17,20). The molecule has 0 saturated heterocycles. The fourth-order valence-corrected chi connectivity index (χ4v) is 3.25. The van der Waals surface area contributed by atoms with Crippen molar-refractivity contribution in [2.24, 2.45) is 11.7 Å². The van der Waals surface area contributed by atoms with E-state index in [1.807, 2.05) is 6.92 Å². The topological polar surface area (TPSA) is 71.2 Å². The maximum Gasteiger partial charge on any atom is 0.270 e. The number of nitrogens with two attached hydrogens (primary N) is 1. The molecule has 6 heteroatoms. The van der Waals surface area contributed by atoms with Gasteiger partial charge in [0.2, 0.25) is 0 Å². The van der Waals surface area contributed by atoms with Gasteiger partial charge in [-0.3, -0.25) is 4.79 Å². The third kappa shape index (κ3) is 5.05. The lowest BCUT2D eigenvalue weighted by molar-refractivity contribution is 0.0924. The van der Waals surface area contributed by atoms with Gasteiger partial charge in [0.15, 0.2) is 0 Å². The molecule has 1 heterocycles. The first-order valence-electron chi connectivity index (χ1n) is 7.56. The molecule has 0 spiro atoms. The van der Waals surface area contributed by atoms with Gasteiger partial charge in [-0.25, -0.2) is 4.98 Å². The van der Waals surface area contributed by atoms with Crippen molar-refractivity contribution in [2.45, 2.75) is 45.7 Å². The van der Waals surface area contributed by atoms with Crippen LogP contribution in [0.5, 0.6) is 0 Å². The van der Waals surface area contributed by atoms with Gasteiger partial charge in [0.05, 0.1) is 6.04 Å². The Morgan fingerprint density at radius 2 is 2.05 bits per heavy atom. The zero-order valence-corrected chi connectivity index (χ0v) is 14.5. The van der Waals surface area contributed by atoms with Crippen LogP contribution in [0, 0.1) is 5.92 Å². The highest BCUT2D eigenvalue weighted by Gasteiger charge is 2.22. The Morgan fingerprint density at radius 3 is 2.48 bits per heavy atom. The number of aromatic nitrogens is 1. The number of carbonyl (C=O) groups is 1. The Balaban J connectivity index is 2.64. The van der Waals surface area contributed by atoms with Crippen molar-refractivity contribution in [1.29, 1.82) is 0 Å². The normalized spacial score (nSPS) is 14.5. The summed E-state index contributed by atoms with van der Waals surface area (Å²) in [5.74, 6) is 0.464. The molecule has 21 heavy (non-hydrogen) atoms. The van der Waals surface area contributed by atoms with Crippen molar-refractivity contribution in [3.8, 4) is 0 Å². The van der Waals surface area contributed by atoms with Gasteiger partial charge in [0.1, 0.15) is 10.7 Å². The summed E-state index contributed by atoms with van der Waals surface area (Å²) in [6.07, 6.45) is 2.22. The van der Waals surface area contributed by atoms with Crippen LogP contribution in [0.4, 0.5) is 0 Å². The molecule has 2 atom stereocenters. The average Bonchev–Trinajstić information content (AvgIpc) is 2.92. The molecule has 1 aromatic heterocycles. The number of hydrogen-bond acceptors (Lipinski definition) is 5. The Hall–Kier alpha value is -0.980. The number of thiazole rings is 1. The van der Waals surface area contributed by atoms with Crippen molar-refractivity contribution in [3.63, 3.8) is 0 Å². The van der Waals surface area contributed by atoms with E-state index in [0.717, 1.165) is 17.8 Å². The van der Waals surface area contributed by atoms with Crippen molar-refractivity contribution in [1.82, 2.24) is 15.2 Å². The third-order valence-electron chi connectivity index (χ3n) is 3.87. The molecule has 0 aliphatic heterocycles. The fourth-order valence-electron chi connectivity index (χ4n) is 2.49. The second-order valence-corrected chi connectivity index (χ2v) is 6.57. The number of likely N-dealkylation sites (N-methyl/N-ethyl adjacent to an activating group) is 1. The van der Waals surface area contributed by atoms with Crippen molar-refractivity contribution >= 4 is 17.2 Å². The van der Waals surface area contributed by atoms with E-state index < -0.39 is 0 Å². The van der Waals surface area contributed by atoms with E-state index >= 15 is 0 Å². The Bertz CT molecular complexity index is 441. The Morgan fingerprint density at radius 1 is 1.43 bits per heavy atom. The summed E-state index contributed by atoms with van der Waals surface area (Å²) in [6.45, 7) is 6.91. The van der Waals surface area contributed by atoms with E-state index in [9.17, 15) is 4.79 Å². The molecule has 1 rings (SSSR count). The Labute approximate surface area is 131 Å². The lowest BCUT2D eigenvalue weighted by Gasteiger charge is -2.31. The monoisotopic (exact) mass is 312 g/mol. The van der Waals surface area contributed by atoms with E-state index in [2.05, 4.69) is 43.1 Å². The molecule has 3 N–H and O–H groups in total. The molecule has 0 aromatic carbocycles. The summed E-state index contributed by atoms with van der Waals surface area (Å²) in [7, 11) is 4.12. The Kier molecular flexibility index (Phi) is 7.28. The highest BCUT2D eigenvalue weighted by atomic mass is 32.1. The minimum Gasteiger partial charge on any atom is -0.349 e. The molecule has 0 saturated carbocycles. The molecule has 1 aromatic rings. The molecule has 5 nitrogen and oxygen atoms in total. The van der Waals surface area contributed by atoms with Crippen LogP contribution in [0.3, 0.4) is 0 Å². The SMILES string of the molecule is CCC(CC)C(CNC(=O)c1csc(C(C)N)n1)N(C)C. The average molecular weight is 312 g/mol. The van der Waals surface area contributed by atoms with Crippen LogP contribution in [0.25, 0.3) is 0 Å². The highest BCUT2D eigenvalue weighted by molar-refractivity contribution is 7.09. The molecule has 0 fully saturated rings. The first kappa shape index (κ1) is 18.1. The van der Waals surface area contributed by atoms with Gasteiger partial charge in [-0.1, -0.05) is 26.7 Å². The molecule has 0 bridgehead atoms. The number of hydrogen-bond donors (Lipinski definition) is 2. The van der Waals surface area contributed by atoms with Crippen LogP contribution in [-0.4, -0.2) is 42.5 Å². The van der Waals surface area contributed by atoms with Gasteiger partial charge >= 0.3 is 0 Å². The predicted molar refractivity (Wildman–Crippen MR) is 88.6 cm³/mol. The minimum absolute atomic E-state index is 0.115. The van der Waals surface area contributed by atoms with Crippen molar-refractivity contribution in [3.05, 3.63) is 16.1 Å². The number of carbonyl (C=O) groups excluding carboxylic acids is 1. The second kappa shape index (κ2) is 8.46. The van der Waals surface area contributed by atoms with E-state index in [-0.39, 0.29) is 11.9 Å². The number of nitrogens with zero attached hydrogens (tertiary/aromatic N) is 2. The second-order valence-electron chi connectivity index (χ2n) is 5.68. The van der Waals surface area contributed by atoms with E-state index in [4.69, 9.17) is 5.73 Å². The number of rotatable bonds is 8. The van der Waals surface area contributed by atoms with Crippen LogP contribution in [0.15, 0.2) is 5.38 Å². The molecule has 0 aliphatic rings. The zero-order chi connectivity index (χ0) is 16.0. The number of nitrogens with one attached hydrogen (secondary N) is 1. The summed E-state index contributed by atoms with van der Waals surface area (Å²) in [5.41, 5.74) is 6.24. The molecule has 1 amide bonds. The van der Waals surface area contributed by atoms with Crippen molar-refractivity contribution < 1.29 is 4.79 Å². The third-order valence-corrected chi connectivity index (χ3v) is 4.92. The quantitative estimate of drug-likeness (QED) is 0.772. The van der Waals surface area contributed by atoms with Crippen LogP contribution in [-0.2, 0) is 0 Å². The van der Waals surface area contributed by atoms with Crippen LogP contribution in [0.2, 0.25) is 0 Å². The summed E-state index contributed by atoms with van der Waals surface area (Å²) in [5, 5.41) is 5.57. The van der Waals surface area contributed by atoms with E-state index in [1.165, 1.54) is 11.3 Å². The molecule has 0 radical (unpaired) electrons. The lowest BCUT2D eigenvalue weighted by Crippen LogP contribution is -2.44.